The topological polar surface area (TPSA) is 79.9 Å². The van der Waals surface area contributed by atoms with E-state index >= 15 is 0 Å². The molecule has 1 saturated heterocycles. The molecule has 0 aliphatic carbocycles. The number of amides is 2. The molecule has 176 valence electrons. The lowest BCUT2D eigenvalue weighted by atomic mass is 10.1. The molecule has 3 aromatic carbocycles. The summed E-state index contributed by atoms with van der Waals surface area (Å²) in [5.74, 6) is 0.390. The maximum absolute atomic E-state index is 12.8. The van der Waals surface area contributed by atoms with Crippen molar-refractivity contribution in [3.05, 3.63) is 81.8 Å². The predicted molar refractivity (Wildman–Crippen MR) is 135 cm³/mol. The van der Waals surface area contributed by atoms with Crippen LogP contribution >= 0.6 is 27.5 Å². The largest absolute Gasteiger partial charge is 0.497 e. The Hall–Kier alpha value is -3.23. The van der Waals surface area contributed by atoms with Crippen LogP contribution in [0.4, 0.5) is 11.4 Å². The number of hydrazine groups is 1. The first-order valence-corrected chi connectivity index (χ1v) is 11.8. The standard InChI is InChI=1S/C25H23BrClN3O4/c1-33-20-9-7-19(8-10-20)30-14-17(12-24(30)31)25(32)29-28-22-13-18(26)6-11-23(22)34-15-16-4-2-3-5-21(16)27/h2-11,13,17,28H,12,14-15H2,1H3,(H,29,32)/t17-/m1/s1. The fraction of sp³-hybridized carbons (Fsp3) is 0.200. The maximum Gasteiger partial charge on any atom is 0.243 e. The Morgan fingerprint density at radius 3 is 2.65 bits per heavy atom. The molecular weight excluding hydrogens is 522 g/mol. The normalized spacial score (nSPS) is 15.2. The highest BCUT2D eigenvalue weighted by Gasteiger charge is 2.35. The van der Waals surface area contributed by atoms with Crippen molar-refractivity contribution in [1.82, 2.24) is 5.43 Å². The predicted octanol–water partition coefficient (Wildman–Crippen LogP) is 5.19. The van der Waals surface area contributed by atoms with Crippen LogP contribution in [0.1, 0.15) is 12.0 Å². The monoisotopic (exact) mass is 543 g/mol. The van der Waals surface area contributed by atoms with Gasteiger partial charge in [-0.1, -0.05) is 45.7 Å². The fourth-order valence-corrected chi connectivity index (χ4v) is 4.17. The molecule has 34 heavy (non-hydrogen) atoms. The van der Waals surface area contributed by atoms with Gasteiger partial charge in [-0.15, -0.1) is 0 Å². The minimum Gasteiger partial charge on any atom is -0.497 e. The van der Waals surface area contributed by atoms with Crippen LogP contribution in [0.15, 0.2) is 71.2 Å². The number of carbonyl (C=O) groups excluding carboxylic acids is 2. The van der Waals surface area contributed by atoms with E-state index in [9.17, 15) is 9.59 Å². The maximum atomic E-state index is 12.8. The summed E-state index contributed by atoms with van der Waals surface area (Å²) >= 11 is 9.66. The van der Waals surface area contributed by atoms with Gasteiger partial charge < -0.3 is 14.4 Å². The van der Waals surface area contributed by atoms with Gasteiger partial charge in [0, 0.05) is 33.7 Å². The first-order chi connectivity index (χ1) is 16.4. The van der Waals surface area contributed by atoms with Gasteiger partial charge in [0.25, 0.3) is 0 Å². The number of anilines is 2. The smallest absolute Gasteiger partial charge is 0.243 e. The van der Waals surface area contributed by atoms with Crippen molar-refractivity contribution < 1.29 is 19.1 Å². The molecule has 0 aromatic heterocycles. The number of hydrogen-bond acceptors (Lipinski definition) is 5. The fourth-order valence-electron chi connectivity index (χ4n) is 3.62. The number of halogens is 2. The van der Waals surface area contributed by atoms with Gasteiger partial charge in [0.1, 0.15) is 18.1 Å². The Kier molecular flexibility index (Phi) is 7.59. The highest BCUT2D eigenvalue weighted by Crippen LogP contribution is 2.30. The second kappa shape index (κ2) is 10.8. The summed E-state index contributed by atoms with van der Waals surface area (Å²) in [6, 6.07) is 20.1. The minimum absolute atomic E-state index is 0.100. The number of nitrogens with one attached hydrogen (secondary N) is 2. The van der Waals surface area contributed by atoms with Crippen molar-refractivity contribution >= 4 is 50.7 Å². The lowest BCUT2D eigenvalue weighted by Gasteiger charge is -2.18. The zero-order valence-corrected chi connectivity index (χ0v) is 20.7. The minimum atomic E-state index is -0.484. The van der Waals surface area contributed by atoms with Crippen molar-refractivity contribution in [3.63, 3.8) is 0 Å². The van der Waals surface area contributed by atoms with Gasteiger partial charge in [-0.05, 0) is 48.5 Å². The third-order valence-corrected chi connectivity index (χ3v) is 6.34. The molecule has 0 bridgehead atoms. The van der Waals surface area contributed by atoms with Gasteiger partial charge in [-0.2, -0.15) is 0 Å². The van der Waals surface area contributed by atoms with Gasteiger partial charge >= 0.3 is 0 Å². The van der Waals surface area contributed by atoms with Gasteiger partial charge in [0.2, 0.25) is 11.8 Å². The lowest BCUT2D eigenvalue weighted by molar-refractivity contribution is -0.125. The lowest BCUT2D eigenvalue weighted by Crippen LogP contribution is -2.36. The molecule has 0 unspecified atom stereocenters. The van der Waals surface area contributed by atoms with Crippen molar-refractivity contribution in [1.29, 1.82) is 0 Å². The van der Waals surface area contributed by atoms with E-state index in [1.54, 1.807) is 54.5 Å². The molecule has 3 aromatic rings. The molecule has 1 aliphatic heterocycles. The SMILES string of the molecule is COc1ccc(N2C[C@H](C(=O)NNc3cc(Br)ccc3OCc3ccccc3Cl)CC2=O)cc1. The van der Waals surface area contributed by atoms with Crippen molar-refractivity contribution in [2.45, 2.75) is 13.0 Å². The molecule has 1 atom stereocenters. The third-order valence-electron chi connectivity index (χ3n) is 5.48. The number of methoxy groups -OCH3 is 1. The Balaban J connectivity index is 1.38. The summed E-state index contributed by atoms with van der Waals surface area (Å²) in [4.78, 5) is 27.0. The summed E-state index contributed by atoms with van der Waals surface area (Å²) < 4.78 is 11.9. The average Bonchev–Trinajstić information content (AvgIpc) is 3.24. The molecule has 2 amide bonds. The highest BCUT2D eigenvalue weighted by molar-refractivity contribution is 9.10. The Morgan fingerprint density at radius 2 is 1.91 bits per heavy atom. The van der Waals surface area contributed by atoms with Crippen LogP contribution in [0.5, 0.6) is 11.5 Å². The summed E-state index contributed by atoms with van der Waals surface area (Å²) in [5, 5.41) is 0.620. The number of benzene rings is 3. The van der Waals surface area contributed by atoms with Crippen LogP contribution in [0.25, 0.3) is 0 Å². The Bertz CT molecular complexity index is 1190. The van der Waals surface area contributed by atoms with Gasteiger partial charge in [0.15, 0.2) is 0 Å². The number of rotatable bonds is 8. The molecule has 7 nitrogen and oxygen atoms in total. The number of nitrogens with zero attached hydrogens (tertiary/aromatic N) is 1. The van der Waals surface area contributed by atoms with Crippen LogP contribution in [0.3, 0.4) is 0 Å². The van der Waals surface area contributed by atoms with E-state index in [4.69, 9.17) is 21.1 Å². The molecule has 0 radical (unpaired) electrons. The summed E-state index contributed by atoms with van der Waals surface area (Å²) in [6.07, 6.45) is 0.133. The van der Waals surface area contributed by atoms with E-state index in [2.05, 4.69) is 26.8 Å². The molecule has 9 heteroatoms. The highest BCUT2D eigenvalue weighted by atomic mass is 79.9. The molecule has 1 aliphatic rings. The molecular formula is C25H23BrClN3O4. The van der Waals surface area contributed by atoms with Crippen LogP contribution in [0.2, 0.25) is 5.02 Å². The van der Waals surface area contributed by atoms with Crippen LogP contribution in [0, 0.1) is 5.92 Å². The zero-order valence-electron chi connectivity index (χ0n) is 18.4. The molecule has 4 rings (SSSR count). The molecule has 2 N–H and O–H groups in total. The second-order valence-electron chi connectivity index (χ2n) is 7.74. The number of carbonyl (C=O) groups is 2. The number of ether oxygens (including phenoxy) is 2. The first kappa shape index (κ1) is 23.9. The first-order valence-electron chi connectivity index (χ1n) is 10.6. The summed E-state index contributed by atoms with van der Waals surface area (Å²) in [6.45, 7) is 0.574. The molecule has 1 fully saturated rings. The van der Waals surface area contributed by atoms with E-state index in [1.165, 1.54) is 0 Å². The quantitative estimate of drug-likeness (QED) is 0.382. The Morgan fingerprint density at radius 1 is 1.15 bits per heavy atom. The van der Waals surface area contributed by atoms with E-state index in [-0.39, 0.29) is 24.8 Å². The average molecular weight is 545 g/mol. The number of hydrogen-bond donors (Lipinski definition) is 2. The zero-order chi connectivity index (χ0) is 24.1. The van der Waals surface area contributed by atoms with E-state index in [0.29, 0.717) is 28.8 Å². The Labute approximate surface area is 211 Å². The third kappa shape index (κ3) is 5.63. The van der Waals surface area contributed by atoms with Gasteiger partial charge in [0.05, 0.1) is 18.7 Å². The van der Waals surface area contributed by atoms with Crippen LogP contribution in [-0.2, 0) is 16.2 Å². The van der Waals surface area contributed by atoms with Gasteiger partial charge in [-0.3, -0.25) is 20.4 Å². The molecule has 1 heterocycles. The van der Waals surface area contributed by atoms with Crippen molar-refractivity contribution in [2.24, 2.45) is 5.92 Å². The van der Waals surface area contributed by atoms with Gasteiger partial charge in [-0.25, -0.2) is 0 Å². The van der Waals surface area contributed by atoms with Crippen LogP contribution in [-0.4, -0.2) is 25.5 Å². The van der Waals surface area contributed by atoms with Crippen molar-refractivity contribution in [3.8, 4) is 11.5 Å². The van der Waals surface area contributed by atoms with E-state index in [1.807, 2.05) is 24.3 Å². The molecule has 0 saturated carbocycles. The van der Waals surface area contributed by atoms with E-state index < -0.39 is 5.92 Å². The summed E-state index contributed by atoms with van der Waals surface area (Å²) in [7, 11) is 1.59. The molecule has 0 spiro atoms. The van der Waals surface area contributed by atoms with Crippen molar-refractivity contribution in [2.75, 3.05) is 24.0 Å². The van der Waals surface area contributed by atoms with E-state index in [0.717, 1.165) is 15.7 Å². The summed E-state index contributed by atoms with van der Waals surface area (Å²) in [5.41, 5.74) is 7.81. The second-order valence-corrected chi connectivity index (χ2v) is 9.06. The van der Waals surface area contributed by atoms with Crippen LogP contribution < -0.4 is 25.2 Å².